The van der Waals surface area contributed by atoms with Gasteiger partial charge in [0.05, 0.1) is 0 Å². The van der Waals surface area contributed by atoms with Crippen LogP contribution in [-0.4, -0.2) is 16.7 Å². The van der Waals surface area contributed by atoms with E-state index in [1.54, 1.807) is 6.07 Å². The lowest BCUT2D eigenvalue weighted by atomic mass is 10.2. The van der Waals surface area contributed by atoms with Crippen LogP contribution in [0.4, 0.5) is 0 Å². The van der Waals surface area contributed by atoms with E-state index in [9.17, 15) is 0 Å². The van der Waals surface area contributed by atoms with E-state index in [-0.39, 0.29) is 10.3 Å². The van der Waals surface area contributed by atoms with Crippen LogP contribution in [0, 0.1) is 0 Å². The summed E-state index contributed by atoms with van der Waals surface area (Å²) in [6, 6.07) is 1.60. The molecule has 0 aliphatic rings. The van der Waals surface area contributed by atoms with E-state index >= 15 is 0 Å². The highest BCUT2D eigenvalue weighted by Crippen LogP contribution is 2.15. The Balaban J connectivity index is 2.75. The Hall–Kier alpha value is -1.03. The number of rotatable bonds is 3. The van der Waals surface area contributed by atoms with Crippen LogP contribution >= 0.6 is 23.2 Å². The van der Waals surface area contributed by atoms with Crippen LogP contribution in [0.2, 0.25) is 10.3 Å². The van der Waals surface area contributed by atoms with Gasteiger partial charge in [-0.05, 0) is 23.6 Å². The molecule has 0 saturated carbocycles. The molecule has 7 heteroatoms. The number of nitrogens with zero attached hydrogens (tertiary/aromatic N) is 5. The van der Waals surface area contributed by atoms with E-state index in [4.69, 9.17) is 28.7 Å². The van der Waals surface area contributed by atoms with Crippen molar-refractivity contribution in [3.05, 3.63) is 32.4 Å². The molecule has 0 aromatic carbocycles. The van der Waals surface area contributed by atoms with E-state index in [2.05, 4.69) is 20.2 Å². The van der Waals surface area contributed by atoms with Gasteiger partial charge in [0.2, 0.25) is 0 Å². The van der Waals surface area contributed by atoms with E-state index in [1.807, 2.05) is 0 Å². The number of hydrogen-bond donors (Lipinski definition) is 0. The molecule has 0 bridgehead atoms. The predicted octanol–water partition coefficient (Wildman–Crippen LogP) is 2.64. The van der Waals surface area contributed by atoms with Gasteiger partial charge in [-0.2, -0.15) is 0 Å². The summed E-state index contributed by atoms with van der Waals surface area (Å²) < 4.78 is 0. The third kappa shape index (κ3) is 3.06. The molecule has 0 N–H and O–H groups in total. The summed E-state index contributed by atoms with van der Waals surface area (Å²) in [5.74, 6) is 0. The Morgan fingerprint density at radius 3 is 2.92 bits per heavy atom. The minimum absolute atomic E-state index is 0.278. The largest absolute Gasteiger partial charge is 0.155 e. The molecule has 0 unspecified atom stereocenters. The van der Waals surface area contributed by atoms with Gasteiger partial charge in [-0.3, -0.25) is 0 Å². The first-order valence-electron chi connectivity index (χ1n) is 3.42. The van der Waals surface area contributed by atoms with Gasteiger partial charge < -0.3 is 0 Å². The molecule has 0 amide bonds. The first-order chi connectivity index (χ1) is 6.24. The molecule has 0 radical (unpaired) electrons. The topological polar surface area (TPSA) is 74.5 Å². The van der Waals surface area contributed by atoms with Crippen molar-refractivity contribution in [2.24, 2.45) is 5.11 Å². The van der Waals surface area contributed by atoms with Crippen molar-refractivity contribution in [1.82, 2.24) is 10.2 Å². The zero-order valence-corrected chi connectivity index (χ0v) is 8.00. The molecular formula is C6H5Cl2N5. The molecule has 0 aliphatic carbocycles. The van der Waals surface area contributed by atoms with Crippen molar-refractivity contribution in [1.29, 1.82) is 0 Å². The lowest BCUT2D eigenvalue weighted by Gasteiger charge is -1.99. The lowest BCUT2D eigenvalue weighted by molar-refractivity contribution is 0.919. The number of halogens is 2. The fourth-order valence-corrected chi connectivity index (χ4v) is 1.13. The average molecular weight is 218 g/mol. The van der Waals surface area contributed by atoms with Gasteiger partial charge in [0.15, 0.2) is 10.3 Å². The first-order valence-corrected chi connectivity index (χ1v) is 4.18. The lowest BCUT2D eigenvalue weighted by Crippen LogP contribution is -1.94. The molecule has 13 heavy (non-hydrogen) atoms. The van der Waals surface area contributed by atoms with Gasteiger partial charge in [0.1, 0.15) is 0 Å². The average Bonchev–Trinajstić information content (AvgIpc) is 2.11. The predicted molar refractivity (Wildman–Crippen MR) is 49.8 cm³/mol. The maximum atomic E-state index is 8.04. The third-order valence-corrected chi connectivity index (χ3v) is 1.84. The Bertz CT molecular complexity index is 347. The van der Waals surface area contributed by atoms with Crippen molar-refractivity contribution in [3.8, 4) is 0 Å². The first kappa shape index (κ1) is 10.1. The highest BCUT2D eigenvalue weighted by molar-refractivity contribution is 6.31. The van der Waals surface area contributed by atoms with Crippen LogP contribution in [0.15, 0.2) is 11.2 Å². The molecule has 1 aromatic rings. The summed E-state index contributed by atoms with van der Waals surface area (Å²) in [6.45, 7) is 0.332. The zero-order valence-electron chi connectivity index (χ0n) is 6.48. The second kappa shape index (κ2) is 4.87. The summed E-state index contributed by atoms with van der Waals surface area (Å²) >= 11 is 11.3. The van der Waals surface area contributed by atoms with Crippen LogP contribution in [0.25, 0.3) is 10.4 Å². The minimum atomic E-state index is 0.278. The quantitative estimate of drug-likeness (QED) is 0.444. The zero-order chi connectivity index (χ0) is 9.68. The van der Waals surface area contributed by atoms with Crippen LogP contribution in [0.3, 0.4) is 0 Å². The van der Waals surface area contributed by atoms with Crippen molar-refractivity contribution in [2.45, 2.75) is 6.42 Å². The fraction of sp³-hybridized carbons (Fsp3) is 0.333. The van der Waals surface area contributed by atoms with Crippen molar-refractivity contribution in [3.63, 3.8) is 0 Å². The molecule has 5 nitrogen and oxygen atoms in total. The third-order valence-electron chi connectivity index (χ3n) is 1.34. The number of aromatic nitrogens is 2. The van der Waals surface area contributed by atoms with E-state index in [0.717, 1.165) is 5.56 Å². The van der Waals surface area contributed by atoms with Crippen molar-refractivity contribution in [2.75, 3.05) is 6.54 Å². The van der Waals surface area contributed by atoms with Crippen LogP contribution in [0.5, 0.6) is 0 Å². The van der Waals surface area contributed by atoms with E-state index in [0.29, 0.717) is 13.0 Å². The van der Waals surface area contributed by atoms with Gasteiger partial charge in [-0.1, -0.05) is 28.3 Å². The molecule has 0 atom stereocenters. The molecule has 0 spiro atoms. The van der Waals surface area contributed by atoms with E-state index < -0.39 is 0 Å². The second-order valence-corrected chi connectivity index (χ2v) is 2.93. The number of azide groups is 1. The Labute approximate surface area is 84.3 Å². The highest BCUT2D eigenvalue weighted by Gasteiger charge is 2.02. The second-order valence-electron chi connectivity index (χ2n) is 2.19. The van der Waals surface area contributed by atoms with Gasteiger partial charge in [0, 0.05) is 11.5 Å². The summed E-state index contributed by atoms with van der Waals surface area (Å²) in [5.41, 5.74) is 8.77. The summed E-state index contributed by atoms with van der Waals surface area (Å²) in [6.07, 6.45) is 0.512. The normalized spacial score (nSPS) is 9.38. The Morgan fingerprint density at radius 2 is 2.23 bits per heavy atom. The van der Waals surface area contributed by atoms with Crippen LogP contribution in [0.1, 0.15) is 5.56 Å². The van der Waals surface area contributed by atoms with Crippen molar-refractivity contribution < 1.29 is 0 Å². The standard InChI is InChI=1S/C6H5Cl2N5/c7-5-3-4(1-2-10-13-9)6(8)12-11-5/h3H,1-2H2. The highest BCUT2D eigenvalue weighted by atomic mass is 35.5. The van der Waals surface area contributed by atoms with E-state index in [1.165, 1.54) is 0 Å². The molecule has 0 fully saturated rings. The minimum Gasteiger partial charge on any atom is -0.137 e. The van der Waals surface area contributed by atoms with Gasteiger partial charge in [-0.25, -0.2) is 0 Å². The molecule has 0 aliphatic heterocycles. The van der Waals surface area contributed by atoms with Crippen LogP contribution in [-0.2, 0) is 6.42 Å². The Kier molecular flexibility index (Phi) is 3.76. The maximum Gasteiger partial charge on any atom is 0.155 e. The van der Waals surface area contributed by atoms with Crippen LogP contribution < -0.4 is 0 Å². The fourth-order valence-electron chi connectivity index (χ4n) is 0.779. The SMILES string of the molecule is [N-]=[N+]=NCCc1cc(Cl)nnc1Cl. The molecule has 68 valence electrons. The molecule has 1 heterocycles. The molecule has 0 saturated heterocycles. The van der Waals surface area contributed by atoms with Gasteiger partial charge in [-0.15, -0.1) is 10.2 Å². The van der Waals surface area contributed by atoms with Gasteiger partial charge in [0.25, 0.3) is 0 Å². The number of hydrogen-bond acceptors (Lipinski definition) is 3. The Morgan fingerprint density at radius 1 is 1.46 bits per heavy atom. The van der Waals surface area contributed by atoms with Crippen molar-refractivity contribution >= 4 is 23.2 Å². The molecule has 1 aromatic heterocycles. The summed E-state index contributed by atoms with van der Waals surface area (Å²) in [4.78, 5) is 2.62. The monoisotopic (exact) mass is 217 g/mol. The smallest absolute Gasteiger partial charge is 0.137 e. The van der Waals surface area contributed by atoms with Gasteiger partial charge >= 0.3 is 0 Å². The molecule has 1 rings (SSSR count). The molecular weight excluding hydrogens is 213 g/mol. The summed E-state index contributed by atoms with van der Waals surface area (Å²) in [7, 11) is 0. The maximum absolute atomic E-state index is 8.04. The summed E-state index contributed by atoms with van der Waals surface area (Å²) in [5, 5.41) is 11.1.